The molecule has 0 bridgehead atoms. The van der Waals surface area contributed by atoms with Crippen LogP contribution in [0.25, 0.3) is 0 Å². The van der Waals surface area contributed by atoms with Crippen molar-refractivity contribution in [3.05, 3.63) is 64.5 Å². The maximum Gasteiger partial charge on any atom is 0.416 e. The van der Waals surface area contributed by atoms with Crippen molar-refractivity contribution in [1.29, 1.82) is 0 Å². The standard InChI is InChI=1S/C23H22F4N2O2/c24-16-11-14(10-15(12-16)23(25,26)27)21(30)28-18-8-4-7-17-20(18)19(29-22(17)31)9-13-5-2-1-3-6-13/h4,7-8,10-13,19H,1-3,5-6,9H2,(H,28,30)(H,29,31)/t19-/m1/s1. The molecule has 0 spiro atoms. The van der Waals surface area contributed by atoms with Crippen LogP contribution in [0.4, 0.5) is 23.2 Å². The molecule has 2 aromatic carbocycles. The molecule has 4 rings (SSSR count). The van der Waals surface area contributed by atoms with Gasteiger partial charge in [-0.3, -0.25) is 9.59 Å². The lowest BCUT2D eigenvalue weighted by Crippen LogP contribution is -2.23. The number of carbonyl (C=O) groups excluding carboxylic acids is 2. The fourth-order valence-electron chi connectivity index (χ4n) is 4.57. The average Bonchev–Trinajstić information content (AvgIpc) is 3.04. The Labute approximate surface area is 177 Å². The Balaban J connectivity index is 1.61. The highest BCUT2D eigenvalue weighted by molar-refractivity contribution is 6.07. The fourth-order valence-corrected chi connectivity index (χ4v) is 4.57. The van der Waals surface area contributed by atoms with E-state index in [0.29, 0.717) is 34.9 Å². The first-order valence-corrected chi connectivity index (χ1v) is 10.4. The van der Waals surface area contributed by atoms with Crippen molar-refractivity contribution in [1.82, 2.24) is 5.32 Å². The fraction of sp³-hybridized carbons (Fsp3) is 0.391. The molecule has 1 aliphatic carbocycles. The van der Waals surface area contributed by atoms with Crippen molar-refractivity contribution in [2.24, 2.45) is 5.92 Å². The molecule has 4 nitrogen and oxygen atoms in total. The minimum Gasteiger partial charge on any atom is -0.345 e. The average molecular weight is 434 g/mol. The Bertz CT molecular complexity index is 1010. The molecular formula is C23H22F4N2O2. The lowest BCUT2D eigenvalue weighted by Gasteiger charge is -2.25. The molecular weight excluding hydrogens is 412 g/mol. The third-order valence-corrected chi connectivity index (χ3v) is 6.03. The molecule has 164 valence electrons. The van der Waals surface area contributed by atoms with Gasteiger partial charge in [0.25, 0.3) is 11.8 Å². The minimum atomic E-state index is -4.77. The Hall–Kier alpha value is -2.90. The predicted molar refractivity (Wildman–Crippen MR) is 107 cm³/mol. The number of amides is 2. The van der Waals surface area contributed by atoms with Gasteiger partial charge in [-0.05, 0) is 42.7 Å². The summed E-state index contributed by atoms with van der Waals surface area (Å²) in [5, 5.41) is 5.55. The van der Waals surface area contributed by atoms with E-state index in [2.05, 4.69) is 10.6 Å². The SMILES string of the molecule is O=C(Nc1cccc2c1[C@@H](CC1CCCCC1)NC2=O)c1cc(F)cc(C(F)(F)F)c1. The molecule has 1 atom stereocenters. The number of anilines is 1. The van der Waals surface area contributed by atoms with Gasteiger partial charge >= 0.3 is 6.18 Å². The zero-order valence-corrected chi connectivity index (χ0v) is 16.7. The maximum atomic E-state index is 13.7. The lowest BCUT2D eigenvalue weighted by atomic mass is 9.83. The number of alkyl halides is 3. The van der Waals surface area contributed by atoms with E-state index in [1.807, 2.05) is 0 Å². The van der Waals surface area contributed by atoms with Crippen molar-refractivity contribution >= 4 is 17.5 Å². The smallest absolute Gasteiger partial charge is 0.345 e. The maximum absolute atomic E-state index is 13.7. The highest BCUT2D eigenvalue weighted by Gasteiger charge is 2.34. The summed E-state index contributed by atoms with van der Waals surface area (Å²) < 4.78 is 52.7. The topological polar surface area (TPSA) is 58.2 Å². The molecule has 2 amide bonds. The van der Waals surface area contributed by atoms with E-state index in [-0.39, 0.29) is 11.9 Å². The van der Waals surface area contributed by atoms with Crippen LogP contribution in [0.2, 0.25) is 0 Å². The van der Waals surface area contributed by atoms with Gasteiger partial charge < -0.3 is 10.6 Å². The van der Waals surface area contributed by atoms with Crippen LogP contribution in [-0.2, 0) is 6.18 Å². The molecule has 1 heterocycles. The van der Waals surface area contributed by atoms with E-state index >= 15 is 0 Å². The van der Waals surface area contributed by atoms with Gasteiger partial charge in [0.05, 0.1) is 11.6 Å². The largest absolute Gasteiger partial charge is 0.416 e. The normalized spacial score (nSPS) is 19.1. The highest BCUT2D eigenvalue weighted by Crippen LogP contribution is 2.39. The summed E-state index contributed by atoms with van der Waals surface area (Å²) in [6, 6.07) is 6.31. The second-order valence-electron chi connectivity index (χ2n) is 8.21. The van der Waals surface area contributed by atoms with Gasteiger partial charge in [-0.2, -0.15) is 13.2 Å². The van der Waals surface area contributed by atoms with E-state index in [4.69, 9.17) is 0 Å². The van der Waals surface area contributed by atoms with E-state index in [9.17, 15) is 27.2 Å². The number of carbonyl (C=O) groups is 2. The summed E-state index contributed by atoms with van der Waals surface area (Å²) in [4.78, 5) is 25.1. The van der Waals surface area contributed by atoms with E-state index in [1.54, 1.807) is 18.2 Å². The minimum absolute atomic E-state index is 0.239. The molecule has 0 aromatic heterocycles. The number of nitrogens with one attached hydrogen (secondary N) is 2. The zero-order valence-electron chi connectivity index (χ0n) is 16.7. The van der Waals surface area contributed by atoms with Gasteiger partial charge in [-0.25, -0.2) is 4.39 Å². The van der Waals surface area contributed by atoms with Gasteiger partial charge in [-0.15, -0.1) is 0 Å². The molecule has 1 saturated carbocycles. The molecule has 0 saturated heterocycles. The number of rotatable bonds is 4. The van der Waals surface area contributed by atoms with Crippen molar-refractivity contribution in [3.8, 4) is 0 Å². The summed E-state index contributed by atoms with van der Waals surface area (Å²) in [5.74, 6) is -1.79. The second kappa shape index (κ2) is 8.32. The van der Waals surface area contributed by atoms with Gasteiger partial charge in [0.15, 0.2) is 0 Å². The van der Waals surface area contributed by atoms with E-state index in [0.717, 1.165) is 38.2 Å². The first-order chi connectivity index (χ1) is 14.7. The van der Waals surface area contributed by atoms with Crippen LogP contribution in [0.15, 0.2) is 36.4 Å². The van der Waals surface area contributed by atoms with Crippen molar-refractivity contribution < 1.29 is 27.2 Å². The van der Waals surface area contributed by atoms with Gasteiger partial charge in [0, 0.05) is 22.4 Å². The lowest BCUT2D eigenvalue weighted by molar-refractivity contribution is -0.137. The third kappa shape index (κ3) is 4.57. The van der Waals surface area contributed by atoms with E-state index in [1.165, 1.54) is 6.42 Å². The van der Waals surface area contributed by atoms with Crippen LogP contribution >= 0.6 is 0 Å². The molecule has 1 aliphatic heterocycles. The highest BCUT2D eigenvalue weighted by atomic mass is 19.4. The molecule has 0 unspecified atom stereocenters. The van der Waals surface area contributed by atoms with Crippen LogP contribution in [0.1, 0.15) is 76.4 Å². The van der Waals surface area contributed by atoms with Crippen LogP contribution in [0, 0.1) is 11.7 Å². The van der Waals surface area contributed by atoms with Crippen LogP contribution in [0.3, 0.4) is 0 Å². The Morgan fingerprint density at radius 2 is 1.84 bits per heavy atom. The Kier molecular flexibility index (Phi) is 5.73. The third-order valence-electron chi connectivity index (χ3n) is 6.03. The molecule has 2 aromatic rings. The van der Waals surface area contributed by atoms with Crippen LogP contribution in [0.5, 0.6) is 0 Å². The van der Waals surface area contributed by atoms with Gasteiger partial charge in [0.2, 0.25) is 0 Å². The van der Waals surface area contributed by atoms with Crippen molar-refractivity contribution in [3.63, 3.8) is 0 Å². The van der Waals surface area contributed by atoms with Crippen molar-refractivity contribution in [2.45, 2.75) is 50.7 Å². The summed E-state index contributed by atoms with van der Waals surface area (Å²) in [5.41, 5.74) is -0.249. The monoisotopic (exact) mass is 434 g/mol. The Morgan fingerprint density at radius 3 is 2.55 bits per heavy atom. The predicted octanol–water partition coefficient (Wildman–Crippen LogP) is 5.85. The van der Waals surface area contributed by atoms with Crippen LogP contribution in [-0.4, -0.2) is 11.8 Å². The quantitative estimate of drug-likeness (QED) is 0.593. The number of halogens is 4. The van der Waals surface area contributed by atoms with Crippen LogP contribution < -0.4 is 10.6 Å². The first kappa shape index (κ1) is 21.3. The molecule has 8 heteroatoms. The summed E-state index contributed by atoms with van der Waals surface area (Å²) in [6.07, 6.45) is 1.64. The van der Waals surface area contributed by atoms with Gasteiger partial charge in [0.1, 0.15) is 5.82 Å². The summed E-state index contributed by atoms with van der Waals surface area (Å²) in [6.45, 7) is 0. The molecule has 1 fully saturated rings. The number of hydrogen-bond donors (Lipinski definition) is 2. The second-order valence-corrected chi connectivity index (χ2v) is 8.21. The first-order valence-electron chi connectivity index (χ1n) is 10.4. The number of benzene rings is 2. The molecule has 2 aliphatic rings. The van der Waals surface area contributed by atoms with E-state index < -0.39 is 29.0 Å². The molecule has 2 N–H and O–H groups in total. The van der Waals surface area contributed by atoms with Gasteiger partial charge in [-0.1, -0.05) is 38.2 Å². The number of fused-ring (bicyclic) bond motifs is 1. The summed E-state index contributed by atoms with van der Waals surface area (Å²) in [7, 11) is 0. The zero-order chi connectivity index (χ0) is 22.2. The molecule has 0 radical (unpaired) electrons. The molecule has 31 heavy (non-hydrogen) atoms. The number of hydrogen-bond acceptors (Lipinski definition) is 2. The Morgan fingerprint density at radius 1 is 1.10 bits per heavy atom. The van der Waals surface area contributed by atoms with Crippen molar-refractivity contribution in [2.75, 3.05) is 5.32 Å². The summed E-state index contributed by atoms with van der Waals surface area (Å²) >= 11 is 0.